The zero-order valence-electron chi connectivity index (χ0n) is 14.5. The van der Waals surface area contributed by atoms with Crippen LogP contribution in [0.15, 0.2) is 48.5 Å². The van der Waals surface area contributed by atoms with Gasteiger partial charge >= 0.3 is 0 Å². The van der Waals surface area contributed by atoms with E-state index >= 15 is 0 Å². The molecular weight excluding hydrogens is 320 g/mol. The standard InChI is InChI=1S/C20H26N2O.ClH/c1-22(2)15-17-5-3-4-6-20(17)16-7-9-18(10-8-16)23-19-11-13-21-14-12-19;/h3-10,19,21H,11-15H2,1-2H3;1H. The Kier molecular flexibility index (Phi) is 7.10. The van der Waals surface area contributed by atoms with Gasteiger partial charge in [0.25, 0.3) is 0 Å². The summed E-state index contributed by atoms with van der Waals surface area (Å²) in [6.07, 6.45) is 2.53. The van der Waals surface area contributed by atoms with Crippen molar-refractivity contribution in [1.29, 1.82) is 0 Å². The number of nitrogens with zero attached hydrogens (tertiary/aromatic N) is 1. The summed E-state index contributed by atoms with van der Waals surface area (Å²) in [5.74, 6) is 0.978. The molecule has 2 aromatic carbocycles. The molecule has 0 spiro atoms. The highest BCUT2D eigenvalue weighted by atomic mass is 35.5. The highest BCUT2D eigenvalue weighted by Gasteiger charge is 2.14. The molecule has 1 aliphatic heterocycles. The molecule has 0 bridgehead atoms. The number of piperidine rings is 1. The van der Waals surface area contributed by atoms with Crippen molar-refractivity contribution in [3.8, 4) is 16.9 Å². The quantitative estimate of drug-likeness (QED) is 0.886. The number of halogens is 1. The van der Waals surface area contributed by atoms with E-state index < -0.39 is 0 Å². The zero-order valence-corrected chi connectivity index (χ0v) is 15.3. The minimum Gasteiger partial charge on any atom is -0.490 e. The molecule has 1 aliphatic rings. The molecule has 0 saturated carbocycles. The van der Waals surface area contributed by atoms with Crippen LogP contribution < -0.4 is 10.1 Å². The first-order valence-electron chi connectivity index (χ1n) is 8.43. The van der Waals surface area contributed by atoms with Crippen LogP contribution in [0.2, 0.25) is 0 Å². The van der Waals surface area contributed by atoms with Crippen molar-refractivity contribution in [1.82, 2.24) is 10.2 Å². The number of hydrogen-bond donors (Lipinski definition) is 1. The molecule has 0 radical (unpaired) electrons. The van der Waals surface area contributed by atoms with E-state index in [-0.39, 0.29) is 12.4 Å². The number of benzene rings is 2. The maximum atomic E-state index is 6.09. The Morgan fingerprint density at radius 3 is 2.33 bits per heavy atom. The van der Waals surface area contributed by atoms with E-state index in [1.807, 2.05) is 0 Å². The highest BCUT2D eigenvalue weighted by Crippen LogP contribution is 2.27. The highest BCUT2D eigenvalue weighted by molar-refractivity contribution is 5.85. The lowest BCUT2D eigenvalue weighted by Gasteiger charge is -2.24. The van der Waals surface area contributed by atoms with Crippen LogP contribution in [0.5, 0.6) is 5.75 Å². The largest absolute Gasteiger partial charge is 0.490 e. The van der Waals surface area contributed by atoms with Gasteiger partial charge in [-0.25, -0.2) is 0 Å². The number of ether oxygens (including phenoxy) is 1. The maximum Gasteiger partial charge on any atom is 0.119 e. The lowest BCUT2D eigenvalue weighted by atomic mass is 9.99. The van der Waals surface area contributed by atoms with E-state index in [0.29, 0.717) is 6.10 Å². The summed E-state index contributed by atoms with van der Waals surface area (Å²) in [5.41, 5.74) is 3.90. The summed E-state index contributed by atoms with van der Waals surface area (Å²) in [4.78, 5) is 2.20. The zero-order chi connectivity index (χ0) is 16.1. The molecule has 1 fully saturated rings. The average Bonchev–Trinajstić information content (AvgIpc) is 2.57. The van der Waals surface area contributed by atoms with Crippen molar-refractivity contribution in [2.75, 3.05) is 27.2 Å². The molecule has 4 heteroatoms. The van der Waals surface area contributed by atoms with Crippen LogP contribution in [-0.4, -0.2) is 38.2 Å². The SMILES string of the molecule is CN(C)Cc1ccccc1-c1ccc(OC2CCNCC2)cc1.Cl. The molecule has 0 aliphatic carbocycles. The van der Waals surface area contributed by atoms with Crippen molar-refractivity contribution in [2.45, 2.75) is 25.5 Å². The Labute approximate surface area is 151 Å². The van der Waals surface area contributed by atoms with Crippen molar-refractivity contribution in [3.63, 3.8) is 0 Å². The Morgan fingerprint density at radius 2 is 1.67 bits per heavy atom. The van der Waals surface area contributed by atoms with Gasteiger partial charge in [0, 0.05) is 6.54 Å². The molecule has 0 aromatic heterocycles. The summed E-state index contributed by atoms with van der Waals surface area (Å²) >= 11 is 0. The number of nitrogens with one attached hydrogen (secondary N) is 1. The molecule has 1 N–H and O–H groups in total. The Morgan fingerprint density at radius 1 is 1.00 bits per heavy atom. The third kappa shape index (κ3) is 4.97. The molecular formula is C20H27ClN2O. The molecule has 130 valence electrons. The molecule has 0 unspecified atom stereocenters. The van der Waals surface area contributed by atoms with Crippen molar-refractivity contribution in [2.24, 2.45) is 0 Å². The van der Waals surface area contributed by atoms with Gasteiger partial charge in [0.15, 0.2) is 0 Å². The number of hydrogen-bond acceptors (Lipinski definition) is 3. The Balaban J connectivity index is 0.00000208. The molecule has 3 rings (SSSR count). The predicted molar refractivity (Wildman–Crippen MR) is 103 cm³/mol. The lowest BCUT2D eigenvalue weighted by Crippen LogP contribution is -2.34. The van der Waals surface area contributed by atoms with Crippen LogP contribution in [0.4, 0.5) is 0 Å². The molecule has 3 nitrogen and oxygen atoms in total. The van der Waals surface area contributed by atoms with Gasteiger partial charge in [-0.05, 0) is 68.8 Å². The third-order valence-corrected chi connectivity index (χ3v) is 4.26. The third-order valence-electron chi connectivity index (χ3n) is 4.26. The minimum atomic E-state index is 0. The molecule has 0 atom stereocenters. The Hall–Kier alpha value is -1.55. The van der Waals surface area contributed by atoms with E-state index in [4.69, 9.17) is 4.74 Å². The summed E-state index contributed by atoms with van der Waals surface area (Å²) in [5, 5.41) is 3.37. The van der Waals surface area contributed by atoms with Gasteiger partial charge in [0.2, 0.25) is 0 Å². The van der Waals surface area contributed by atoms with Crippen molar-refractivity contribution in [3.05, 3.63) is 54.1 Å². The van der Waals surface area contributed by atoms with Crippen LogP contribution in [-0.2, 0) is 6.54 Å². The topological polar surface area (TPSA) is 24.5 Å². The summed E-state index contributed by atoms with van der Waals surface area (Å²) in [6, 6.07) is 17.2. The van der Waals surface area contributed by atoms with Crippen LogP contribution >= 0.6 is 12.4 Å². The smallest absolute Gasteiger partial charge is 0.119 e. The van der Waals surface area contributed by atoms with Crippen LogP contribution in [0.25, 0.3) is 11.1 Å². The van der Waals surface area contributed by atoms with Crippen LogP contribution in [0.3, 0.4) is 0 Å². The predicted octanol–water partition coefficient (Wildman–Crippen LogP) is 3.97. The molecule has 0 amide bonds. The molecule has 24 heavy (non-hydrogen) atoms. The van der Waals surface area contributed by atoms with Gasteiger partial charge in [-0.2, -0.15) is 0 Å². The Bertz CT molecular complexity index is 622. The lowest BCUT2D eigenvalue weighted by molar-refractivity contribution is 0.162. The second-order valence-corrected chi connectivity index (χ2v) is 6.49. The van der Waals surface area contributed by atoms with E-state index in [1.54, 1.807) is 0 Å². The summed E-state index contributed by atoms with van der Waals surface area (Å²) in [6.45, 7) is 3.06. The minimum absolute atomic E-state index is 0. The number of rotatable bonds is 5. The monoisotopic (exact) mass is 346 g/mol. The van der Waals surface area contributed by atoms with E-state index in [2.05, 4.69) is 72.8 Å². The summed E-state index contributed by atoms with van der Waals surface area (Å²) < 4.78 is 6.09. The maximum absolute atomic E-state index is 6.09. The molecule has 2 aromatic rings. The van der Waals surface area contributed by atoms with E-state index in [1.165, 1.54) is 16.7 Å². The van der Waals surface area contributed by atoms with Crippen LogP contribution in [0.1, 0.15) is 18.4 Å². The van der Waals surface area contributed by atoms with E-state index in [0.717, 1.165) is 38.2 Å². The average molecular weight is 347 g/mol. The van der Waals surface area contributed by atoms with Gasteiger partial charge in [-0.1, -0.05) is 36.4 Å². The first kappa shape index (κ1) is 18.8. The normalized spacial score (nSPS) is 15.1. The molecule has 1 saturated heterocycles. The fraction of sp³-hybridized carbons (Fsp3) is 0.400. The van der Waals surface area contributed by atoms with Gasteiger partial charge in [0.05, 0.1) is 0 Å². The van der Waals surface area contributed by atoms with Gasteiger partial charge < -0.3 is 15.0 Å². The first-order valence-corrected chi connectivity index (χ1v) is 8.43. The summed E-state index contributed by atoms with van der Waals surface area (Å²) in [7, 11) is 4.21. The second-order valence-electron chi connectivity index (χ2n) is 6.49. The molecule has 1 heterocycles. The van der Waals surface area contributed by atoms with Crippen molar-refractivity contribution < 1.29 is 4.74 Å². The van der Waals surface area contributed by atoms with E-state index in [9.17, 15) is 0 Å². The fourth-order valence-corrected chi connectivity index (χ4v) is 3.10. The van der Waals surface area contributed by atoms with Gasteiger partial charge in [0.1, 0.15) is 11.9 Å². The second kappa shape index (κ2) is 9.07. The van der Waals surface area contributed by atoms with Gasteiger partial charge in [-0.3, -0.25) is 0 Å². The van der Waals surface area contributed by atoms with Crippen molar-refractivity contribution >= 4 is 12.4 Å². The van der Waals surface area contributed by atoms with Crippen LogP contribution in [0, 0.1) is 0 Å². The van der Waals surface area contributed by atoms with Gasteiger partial charge in [-0.15, -0.1) is 12.4 Å². The first-order chi connectivity index (χ1) is 11.2. The fourth-order valence-electron chi connectivity index (χ4n) is 3.10.